The average Bonchev–Trinajstić information content (AvgIpc) is 3.07. The third-order valence-electron chi connectivity index (χ3n) is 3.60. The van der Waals surface area contributed by atoms with E-state index in [0.717, 1.165) is 17.8 Å². The molecule has 128 valence electrons. The van der Waals surface area contributed by atoms with Gasteiger partial charge in [-0.25, -0.2) is 18.7 Å². The van der Waals surface area contributed by atoms with E-state index in [1.807, 2.05) is 13.8 Å². The summed E-state index contributed by atoms with van der Waals surface area (Å²) < 4.78 is 31.8. The van der Waals surface area contributed by atoms with E-state index in [0.29, 0.717) is 11.1 Å². The molecular weight excluding hydrogens is 328 g/mol. The summed E-state index contributed by atoms with van der Waals surface area (Å²) in [7, 11) is 0. The number of aromatic nitrogens is 2. The van der Waals surface area contributed by atoms with Gasteiger partial charge < -0.3 is 4.42 Å². The summed E-state index contributed by atoms with van der Waals surface area (Å²) in [6.07, 6.45) is 2.85. The second-order valence-corrected chi connectivity index (χ2v) is 5.71. The van der Waals surface area contributed by atoms with Gasteiger partial charge in [-0.1, -0.05) is 19.9 Å². The monoisotopic (exact) mass is 343 g/mol. The number of anilines is 1. The molecule has 2 heterocycles. The van der Waals surface area contributed by atoms with Gasteiger partial charge in [-0.3, -0.25) is 10.1 Å². The zero-order valence-corrected chi connectivity index (χ0v) is 13.6. The third kappa shape index (κ3) is 3.55. The molecule has 1 N–H and O–H groups in total. The van der Waals surface area contributed by atoms with Crippen LogP contribution in [0.3, 0.4) is 0 Å². The van der Waals surface area contributed by atoms with Crippen molar-refractivity contribution in [3.63, 3.8) is 0 Å². The van der Waals surface area contributed by atoms with E-state index in [1.165, 1.54) is 18.4 Å². The van der Waals surface area contributed by atoms with E-state index in [2.05, 4.69) is 15.3 Å². The Morgan fingerprint density at radius 2 is 1.96 bits per heavy atom. The molecule has 0 atom stereocenters. The highest BCUT2D eigenvalue weighted by atomic mass is 19.2. The second-order valence-electron chi connectivity index (χ2n) is 5.71. The van der Waals surface area contributed by atoms with Crippen LogP contribution in [0.1, 0.15) is 36.0 Å². The largest absolute Gasteiger partial charge is 0.459 e. The summed E-state index contributed by atoms with van der Waals surface area (Å²) in [5.41, 5.74) is 1.46. The number of nitrogens with zero attached hydrogens (tertiary/aromatic N) is 2. The lowest BCUT2D eigenvalue weighted by molar-refractivity contribution is 0.0996. The molecule has 25 heavy (non-hydrogen) atoms. The zero-order chi connectivity index (χ0) is 18.0. The first-order valence-corrected chi connectivity index (χ1v) is 7.63. The van der Waals surface area contributed by atoms with Crippen molar-refractivity contribution in [1.29, 1.82) is 0 Å². The van der Waals surface area contributed by atoms with Crippen LogP contribution in [0.25, 0.3) is 11.1 Å². The van der Waals surface area contributed by atoms with Crippen molar-refractivity contribution in [2.45, 2.75) is 19.8 Å². The van der Waals surface area contributed by atoms with Crippen LogP contribution < -0.4 is 5.32 Å². The van der Waals surface area contributed by atoms with Gasteiger partial charge in [0.25, 0.3) is 5.91 Å². The minimum Gasteiger partial charge on any atom is -0.459 e. The van der Waals surface area contributed by atoms with E-state index in [9.17, 15) is 13.6 Å². The van der Waals surface area contributed by atoms with Crippen molar-refractivity contribution in [3.8, 4) is 11.1 Å². The van der Waals surface area contributed by atoms with Gasteiger partial charge in [0.05, 0.1) is 6.26 Å². The molecule has 1 amide bonds. The van der Waals surface area contributed by atoms with Crippen LogP contribution in [0, 0.1) is 11.6 Å². The van der Waals surface area contributed by atoms with Crippen LogP contribution in [-0.2, 0) is 0 Å². The topological polar surface area (TPSA) is 68.0 Å². The van der Waals surface area contributed by atoms with Crippen LogP contribution in [0.2, 0.25) is 0 Å². The predicted molar refractivity (Wildman–Crippen MR) is 88.1 cm³/mol. The van der Waals surface area contributed by atoms with Crippen molar-refractivity contribution in [2.75, 3.05) is 5.32 Å². The minimum absolute atomic E-state index is 0.0374. The van der Waals surface area contributed by atoms with Crippen LogP contribution >= 0.6 is 0 Å². The molecule has 0 saturated carbocycles. The number of carbonyl (C=O) groups is 1. The van der Waals surface area contributed by atoms with Gasteiger partial charge in [0.2, 0.25) is 5.95 Å². The molecule has 2 aromatic heterocycles. The number of rotatable bonds is 4. The number of halogens is 2. The van der Waals surface area contributed by atoms with E-state index >= 15 is 0 Å². The van der Waals surface area contributed by atoms with E-state index in [1.54, 1.807) is 12.3 Å². The lowest BCUT2D eigenvalue weighted by Gasteiger charge is -2.07. The Labute approximate surface area is 142 Å². The Bertz CT molecular complexity index is 922. The fourth-order valence-electron chi connectivity index (χ4n) is 2.29. The van der Waals surface area contributed by atoms with Crippen molar-refractivity contribution >= 4 is 11.9 Å². The summed E-state index contributed by atoms with van der Waals surface area (Å²) >= 11 is 0. The normalized spacial score (nSPS) is 10.9. The first-order valence-electron chi connectivity index (χ1n) is 7.63. The van der Waals surface area contributed by atoms with E-state index in [4.69, 9.17) is 4.42 Å². The second kappa shape index (κ2) is 6.80. The molecule has 0 bridgehead atoms. The van der Waals surface area contributed by atoms with E-state index in [-0.39, 0.29) is 17.6 Å². The molecule has 0 saturated heterocycles. The highest BCUT2D eigenvalue weighted by Crippen LogP contribution is 2.27. The summed E-state index contributed by atoms with van der Waals surface area (Å²) in [4.78, 5) is 20.7. The molecule has 0 spiro atoms. The molecule has 0 unspecified atom stereocenters. The van der Waals surface area contributed by atoms with Crippen molar-refractivity contribution in [1.82, 2.24) is 9.97 Å². The van der Waals surface area contributed by atoms with Crippen molar-refractivity contribution in [3.05, 3.63) is 65.9 Å². The standard InChI is InChI=1S/C18H15F2N3O2/c1-10(2)15-5-7-21-18(22-15)23-17(24)16-12(6-8-25-16)11-3-4-13(19)14(20)9-11/h3-10H,1-2H3,(H,21,22,23,24). The average molecular weight is 343 g/mol. The van der Waals surface area contributed by atoms with Gasteiger partial charge in [-0.05, 0) is 35.7 Å². The first-order chi connectivity index (χ1) is 12.0. The highest BCUT2D eigenvalue weighted by molar-refractivity contribution is 6.05. The van der Waals surface area contributed by atoms with Crippen LogP contribution in [0.5, 0.6) is 0 Å². The summed E-state index contributed by atoms with van der Waals surface area (Å²) in [5.74, 6) is -2.26. The molecule has 3 rings (SSSR count). The third-order valence-corrected chi connectivity index (χ3v) is 3.60. The Morgan fingerprint density at radius 3 is 2.68 bits per heavy atom. The minimum atomic E-state index is -1.00. The highest BCUT2D eigenvalue weighted by Gasteiger charge is 2.19. The Kier molecular flexibility index (Phi) is 4.56. The Hall–Kier alpha value is -3.09. The number of furan rings is 1. The fraction of sp³-hybridized carbons (Fsp3) is 0.167. The fourth-order valence-corrected chi connectivity index (χ4v) is 2.29. The summed E-state index contributed by atoms with van der Waals surface area (Å²) in [6.45, 7) is 3.95. The van der Waals surface area contributed by atoms with Crippen molar-refractivity contribution in [2.24, 2.45) is 0 Å². The molecule has 5 nitrogen and oxygen atoms in total. The SMILES string of the molecule is CC(C)c1ccnc(NC(=O)c2occc2-c2ccc(F)c(F)c2)n1. The number of hydrogen-bond donors (Lipinski definition) is 1. The molecule has 0 aliphatic rings. The predicted octanol–water partition coefficient (Wildman–Crippen LogP) is 4.39. The Balaban J connectivity index is 1.88. The lowest BCUT2D eigenvalue weighted by Crippen LogP contribution is -2.15. The molecule has 0 aliphatic heterocycles. The maximum atomic E-state index is 13.4. The zero-order valence-electron chi connectivity index (χ0n) is 13.6. The van der Waals surface area contributed by atoms with Crippen LogP contribution in [-0.4, -0.2) is 15.9 Å². The molecule has 3 aromatic rings. The van der Waals surface area contributed by atoms with Gasteiger partial charge >= 0.3 is 0 Å². The quantitative estimate of drug-likeness (QED) is 0.763. The van der Waals surface area contributed by atoms with Gasteiger partial charge in [0, 0.05) is 17.5 Å². The molecule has 1 aromatic carbocycles. The lowest BCUT2D eigenvalue weighted by atomic mass is 10.1. The van der Waals surface area contributed by atoms with E-state index < -0.39 is 17.5 Å². The summed E-state index contributed by atoms with van der Waals surface area (Å²) in [5, 5.41) is 2.55. The van der Waals surface area contributed by atoms with Gasteiger partial charge in [0.15, 0.2) is 17.4 Å². The van der Waals surface area contributed by atoms with Gasteiger partial charge in [-0.2, -0.15) is 0 Å². The number of carbonyl (C=O) groups excluding carboxylic acids is 1. The van der Waals surface area contributed by atoms with Crippen LogP contribution in [0.15, 0.2) is 47.2 Å². The molecule has 0 aliphatic carbocycles. The number of hydrogen-bond acceptors (Lipinski definition) is 4. The van der Waals surface area contributed by atoms with Gasteiger partial charge in [-0.15, -0.1) is 0 Å². The number of amides is 1. The van der Waals surface area contributed by atoms with Gasteiger partial charge in [0.1, 0.15) is 0 Å². The molecular formula is C18H15F2N3O2. The molecule has 7 heteroatoms. The van der Waals surface area contributed by atoms with Crippen LogP contribution in [0.4, 0.5) is 14.7 Å². The Morgan fingerprint density at radius 1 is 1.16 bits per heavy atom. The number of nitrogens with one attached hydrogen (secondary N) is 1. The number of benzene rings is 1. The molecule has 0 fully saturated rings. The van der Waals surface area contributed by atoms with Crippen molar-refractivity contribution < 1.29 is 18.0 Å². The smallest absolute Gasteiger partial charge is 0.294 e. The first kappa shape index (κ1) is 16.8. The summed E-state index contributed by atoms with van der Waals surface area (Å²) in [6, 6.07) is 6.64. The molecule has 0 radical (unpaired) electrons. The maximum Gasteiger partial charge on any atom is 0.294 e. The maximum absolute atomic E-state index is 13.4.